The van der Waals surface area contributed by atoms with Crippen molar-refractivity contribution in [2.75, 3.05) is 7.11 Å². The van der Waals surface area contributed by atoms with Crippen LogP contribution in [0.15, 0.2) is 36.4 Å². The van der Waals surface area contributed by atoms with Gasteiger partial charge in [0.2, 0.25) is 0 Å². The summed E-state index contributed by atoms with van der Waals surface area (Å²) < 4.78 is 31.4. The van der Waals surface area contributed by atoms with Gasteiger partial charge in [0, 0.05) is 6.07 Å². The molecule has 0 aliphatic heterocycles. The molecular formula is C14H11ClF2O3. The van der Waals surface area contributed by atoms with Gasteiger partial charge in [-0.2, -0.15) is 0 Å². The molecule has 0 aliphatic rings. The standard InChI is InChI=1S/C14H10F2O3.ClH/c1-19-9-3-4-10(13(17)7-9)14(18)11-6-8(15)2-5-12(11)16;/h2-7,17H,1H3;1H. The van der Waals surface area contributed by atoms with E-state index in [2.05, 4.69) is 0 Å². The molecule has 0 saturated heterocycles. The molecule has 0 atom stereocenters. The first-order chi connectivity index (χ1) is 9.02. The van der Waals surface area contributed by atoms with Gasteiger partial charge in [0.25, 0.3) is 0 Å². The lowest BCUT2D eigenvalue weighted by Gasteiger charge is -2.07. The number of halogens is 3. The zero-order valence-corrected chi connectivity index (χ0v) is 11.2. The lowest BCUT2D eigenvalue weighted by Crippen LogP contribution is -2.05. The van der Waals surface area contributed by atoms with Crippen LogP contribution in [0.3, 0.4) is 0 Å². The third-order valence-electron chi connectivity index (χ3n) is 2.62. The number of carbonyl (C=O) groups excluding carboxylic acids is 1. The van der Waals surface area contributed by atoms with E-state index in [0.29, 0.717) is 5.75 Å². The highest BCUT2D eigenvalue weighted by atomic mass is 35.5. The summed E-state index contributed by atoms with van der Waals surface area (Å²) in [6, 6.07) is 6.54. The Morgan fingerprint density at radius 3 is 2.40 bits per heavy atom. The first-order valence-electron chi connectivity index (χ1n) is 5.39. The molecule has 2 aromatic rings. The predicted molar refractivity (Wildman–Crippen MR) is 71.7 cm³/mol. The number of ether oxygens (including phenoxy) is 1. The van der Waals surface area contributed by atoms with Gasteiger partial charge in [-0.3, -0.25) is 4.79 Å². The van der Waals surface area contributed by atoms with Crippen LogP contribution in [0.1, 0.15) is 15.9 Å². The van der Waals surface area contributed by atoms with Gasteiger partial charge in [0.05, 0.1) is 18.2 Å². The number of carbonyl (C=O) groups is 1. The maximum absolute atomic E-state index is 13.5. The van der Waals surface area contributed by atoms with Crippen LogP contribution < -0.4 is 4.74 Å². The Labute approximate surface area is 120 Å². The third kappa shape index (κ3) is 3.05. The Hall–Kier alpha value is -2.14. The van der Waals surface area contributed by atoms with E-state index in [1.165, 1.54) is 25.3 Å². The van der Waals surface area contributed by atoms with Gasteiger partial charge in [-0.15, -0.1) is 12.4 Å². The number of benzene rings is 2. The second kappa shape index (κ2) is 6.34. The Bertz CT molecular complexity index is 644. The van der Waals surface area contributed by atoms with Crippen molar-refractivity contribution >= 4 is 18.2 Å². The fourth-order valence-electron chi connectivity index (χ4n) is 1.65. The summed E-state index contributed by atoms with van der Waals surface area (Å²) in [5.74, 6) is -2.36. The molecule has 3 nitrogen and oxygen atoms in total. The minimum atomic E-state index is -0.846. The Balaban J connectivity index is 0.00000200. The van der Waals surface area contributed by atoms with Crippen LogP contribution in [0.5, 0.6) is 11.5 Å². The topological polar surface area (TPSA) is 46.5 Å². The van der Waals surface area contributed by atoms with Crippen LogP contribution in [0, 0.1) is 11.6 Å². The third-order valence-corrected chi connectivity index (χ3v) is 2.62. The molecular weight excluding hydrogens is 290 g/mol. The molecule has 0 spiro atoms. The first-order valence-corrected chi connectivity index (χ1v) is 5.39. The molecule has 106 valence electrons. The number of hydrogen-bond acceptors (Lipinski definition) is 3. The number of rotatable bonds is 3. The molecule has 2 rings (SSSR count). The van der Waals surface area contributed by atoms with Crippen molar-refractivity contribution in [2.24, 2.45) is 0 Å². The van der Waals surface area contributed by atoms with E-state index in [4.69, 9.17) is 4.74 Å². The maximum Gasteiger partial charge on any atom is 0.199 e. The Kier molecular flexibility index (Phi) is 5.05. The van der Waals surface area contributed by atoms with Gasteiger partial charge >= 0.3 is 0 Å². The molecule has 0 aliphatic carbocycles. The summed E-state index contributed by atoms with van der Waals surface area (Å²) in [5, 5.41) is 9.70. The molecule has 0 heterocycles. The molecule has 0 aromatic heterocycles. The fraction of sp³-hybridized carbons (Fsp3) is 0.0714. The van der Waals surface area contributed by atoms with E-state index in [9.17, 15) is 18.7 Å². The van der Waals surface area contributed by atoms with Gasteiger partial charge in [-0.25, -0.2) is 8.78 Å². The van der Waals surface area contributed by atoms with Crippen LogP contribution in [-0.4, -0.2) is 18.0 Å². The van der Waals surface area contributed by atoms with Crippen molar-refractivity contribution in [1.82, 2.24) is 0 Å². The zero-order valence-electron chi connectivity index (χ0n) is 10.4. The molecule has 6 heteroatoms. The number of methoxy groups -OCH3 is 1. The number of hydrogen-bond donors (Lipinski definition) is 1. The highest BCUT2D eigenvalue weighted by molar-refractivity contribution is 6.10. The van der Waals surface area contributed by atoms with Crippen molar-refractivity contribution < 1.29 is 23.4 Å². The largest absolute Gasteiger partial charge is 0.507 e. The normalized spacial score (nSPS) is 9.75. The predicted octanol–water partition coefficient (Wildman–Crippen LogP) is 3.33. The van der Waals surface area contributed by atoms with Crippen LogP contribution in [0.2, 0.25) is 0 Å². The van der Waals surface area contributed by atoms with Gasteiger partial charge in [-0.05, 0) is 30.3 Å². The number of aromatic hydroxyl groups is 1. The molecule has 0 bridgehead atoms. The summed E-state index contributed by atoms with van der Waals surface area (Å²) in [7, 11) is 1.41. The van der Waals surface area contributed by atoms with Gasteiger partial charge in [-0.1, -0.05) is 0 Å². The van der Waals surface area contributed by atoms with Crippen molar-refractivity contribution in [2.45, 2.75) is 0 Å². The number of ketones is 1. The minimum Gasteiger partial charge on any atom is -0.507 e. The molecule has 0 radical (unpaired) electrons. The number of phenolic OH excluding ortho intramolecular Hbond substituents is 1. The second-order valence-corrected chi connectivity index (χ2v) is 3.84. The maximum atomic E-state index is 13.5. The van der Waals surface area contributed by atoms with E-state index in [-0.39, 0.29) is 23.7 Å². The molecule has 0 amide bonds. The SMILES string of the molecule is COc1ccc(C(=O)c2cc(F)ccc2F)c(O)c1.Cl. The smallest absolute Gasteiger partial charge is 0.199 e. The van der Waals surface area contributed by atoms with E-state index in [1.54, 1.807) is 0 Å². The first kappa shape index (κ1) is 15.9. The average Bonchev–Trinajstić information content (AvgIpc) is 2.40. The lowest BCUT2D eigenvalue weighted by molar-refractivity contribution is 0.103. The lowest BCUT2D eigenvalue weighted by atomic mass is 10.0. The molecule has 2 aromatic carbocycles. The molecule has 0 saturated carbocycles. The summed E-state index contributed by atoms with van der Waals surface area (Å²) in [6.45, 7) is 0. The summed E-state index contributed by atoms with van der Waals surface area (Å²) in [6.07, 6.45) is 0. The van der Waals surface area contributed by atoms with Crippen LogP contribution >= 0.6 is 12.4 Å². The van der Waals surface area contributed by atoms with Crippen molar-refractivity contribution in [3.63, 3.8) is 0 Å². The van der Waals surface area contributed by atoms with Crippen LogP contribution in [0.25, 0.3) is 0 Å². The van der Waals surface area contributed by atoms with E-state index >= 15 is 0 Å². The van der Waals surface area contributed by atoms with Gasteiger partial charge in [0.15, 0.2) is 5.78 Å². The highest BCUT2D eigenvalue weighted by Crippen LogP contribution is 2.26. The highest BCUT2D eigenvalue weighted by Gasteiger charge is 2.18. The van der Waals surface area contributed by atoms with Crippen molar-refractivity contribution in [1.29, 1.82) is 0 Å². The van der Waals surface area contributed by atoms with E-state index in [1.807, 2.05) is 0 Å². The molecule has 0 unspecified atom stereocenters. The quantitative estimate of drug-likeness (QED) is 0.884. The number of phenols is 1. The van der Waals surface area contributed by atoms with Crippen LogP contribution in [0.4, 0.5) is 8.78 Å². The monoisotopic (exact) mass is 300 g/mol. The van der Waals surface area contributed by atoms with Crippen LogP contribution in [-0.2, 0) is 0 Å². The van der Waals surface area contributed by atoms with E-state index < -0.39 is 23.0 Å². The Morgan fingerprint density at radius 1 is 1.10 bits per heavy atom. The molecule has 20 heavy (non-hydrogen) atoms. The van der Waals surface area contributed by atoms with E-state index in [0.717, 1.165) is 18.2 Å². The second-order valence-electron chi connectivity index (χ2n) is 3.84. The fourth-order valence-corrected chi connectivity index (χ4v) is 1.65. The van der Waals surface area contributed by atoms with Gasteiger partial charge in [0.1, 0.15) is 23.1 Å². The summed E-state index contributed by atoms with van der Waals surface area (Å²) in [5.41, 5.74) is -0.550. The molecule has 1 N–H and O–H groups in total. The zero-order chi connectivity index (χ0) is 14.0. The summed E-state index contributed by atoms with van der Waals surface area (Å²) >= 11 is 0. The average molecular weight is 301 g/mol. The van der Waals surface area contributed by atoms with Gasteiger partial charge < -0.3 is 9.84 Å². The Morgan fingerprint density at radius 2 is 1.80 bits per heavy atom. The summed E-state index contributed by atoms with van der Waals surface area (Å²) in [4.78, 5) is 12.0. The van der Waals surface area contributed by atoms with Crippen molar-refractivity contribution in [3.05, 3.63) is 59.2 Å². The molecule has 0 fully saturated rings. The van der Waals surface area contributed by atoms with Crippen molar-refractivity contribution in [3.8, 4) is 11.5 Å². The minimum absolute atomic E-state index is 0.